The minimum Gasteiger partial charge on any atom is -0.368 e. The molecule has 1 aliphatic rings. The maximum absolute atomic E-state index is 13.5. The van der Waals surface area contributed by atoms with Gasteiger partial charge in [0, 0.05) is 11.6 Å². The van der Waals surface area contributed by atoms with Crippen LogP contribution in [0.25, 0.3) is 0 Å². The third-order valence-electron chi connectivity index (χ3n) is 3.50. The van der Waals surface area contributed by atoms with Gasteiger partial charge in [0.2, 0.25) is 5.91 Å². The van der Waals surface area contributed by atoms with Crippen LogP contribution in [-0.2, 0) is 4.79 Å². The number of amides is 2. The summed E-state index contributed by atoms with van der Waals surface area (Å²) in [5, 5.41) is 3.14. The van der Waals surface area contributed by atoms with Gasteiger partial charge in [0.05, 0.1) is 11.6 Å². The van der Waals surface area contributed by atoms with Crippen LogP contribution in [0.15, 0.2) is 18.2 Å². The van der Waals surface area contributed by atoms with E-state index in [1.807, 2.05) is 0 Å². The van der Waals surface area contributed by atoms with E-state index in [0.717, 1.165) is 32.0 Å². The molecule has 7 heteroatoms. The Bertz CT molecular complexity index is 547. The normalized spacial score (nSPS) is 15.7. The Kier molecular flexibility index (Phi) is 5.14. The molecule has 1 fully saturated rings. The zero-order valence-electron chi connectivity index (χ0n) is 11.4. The summed E-state index contributed by atoms with van der Waals surface area (Å²) in [4.78, 5) is 25.2. The molecule has 1 aliphatic heterocycles. The summed E-state index contributed by atoms with van der Waals surface area (Å²) >= 11 is 5.62. The smallest absolute Gasteiger partial charge is 0.254 e. The third kappa shape index (κ3) is 3.92. The molecule has 0 atom stereocenters. The van der Waals surface area contributed by atoms with Crippen molar-refractivity contribution in [1.29, 1.82) is 0 Å². The number of nitrogens with one attached hydrogen (secondary N) is 1. The van der Waals surface area contributed by atoms with Crippen LogP contribution < -0.4 is 11.1 Å². The van der Waals surface area contributed by atoms with Crippen LogP contribution in [0.3, 0.4) is 0 Å². The number of hydrogen-bond acceptors (Lipinski definition) is 3. The van der Waals surface area contributed by atoms with Gasteiger partial charge in [0.1, 0.15) is 5.82 Å². The van der Waals surface area contributed by atoms with Gasteiger partial charge in [0.25, 0.3) is 5.91 Å². The van der Waals surface area contributed by atoms with Crippen LogP contribution in [-0.4, -0.2) is 42.4 Å². The van der Waals surface area contributed by atoms with E-state index in [2.05, 4.69) is 5.32 Å². The molecule has 1 aromatic carbocycles. The molecule has 0 aromatic heterocycles. The van der Waals surface area contributed by atoms with Crippen molar-refractivity contribution in [1.82, 2.24) is 10.2 Å². The number of halogens is 2. The second kappa shape index (κ2) is 6.87. The zero-order chi connectivity index (χ0) is 15.4. The first kappa shape index (κ1) is 15.7. The van der Waals surface area contributed by atoms with Crippen LogP contribution >= 0.6 is 11.6 Å². The largest absolute Gasteiger partial charge is 0.368 e. The van der Waals surface area contributed by atoms with Gasteiger partial charge in [-0.2, -0.15) is 0 Å². The summed E-state index contributed by atoms with van der Waals surface area (Å²) in [6.45, 7) is 1.36. The Morgan fingerprint density at radius 3 is 2.62 bits per heavy atom. The molecule has 3 N–H and O–H groups in total. The number of hydrogen-bond donors (Lipinski definition) is 2. The molecular formula is C14H17ClFN3O2. The van der Waals surface area contributed by atoms with Crippen LogP contribution in [0.2, 0.25) is 5.02 Å². The lowest BCUT2D eigenvalue weighted by Gasteiger charge is -2.34. The van der Waals surface area contributed by atoms with Gasteiger partial charge in [-0.15, -0.1) is 0 Å². The monoisotopic (exact) mass is 313 g/mol. The highest BCUT2D eigenvalue weighted by molar-refractivity contribution is 6.30. The summed E-state index contributed by atoms with van der Waals surface area (Å²) in [6.07, 6.45) is 1.46. The summed E-state index contributed by atoms with van der Waals surface area (Å²) in [5.74, 6) is -1.65. The van der Waals surface area contributed by atoms with E-state index in [-0.39, 0.29) is 23.2 Å². The molecule has 0 unspecified atom stereocenters. The molecule has 2 amide bonds. The first-order valence-electron chi connectivity index (χ1n) is 6.74. The molecule has 1 saturated heterocycles. The first-order valence-corrected chi connectivity index (χ1v) is 7.12. The van der Waals surface area contributed by atoms with E-state index in [0.29, 0.717) is 0 Å². The lowest BCUT2D eigenvalue weighted by molar-refractivity contribution is -0.119. The summed E-state index contributed by atoms with van der Waals surface area (Å²) in [5.41, 5.74) is 5.39. The predicted molar refractivity (Wildman–Crippen MR) is 77.5 cm³/mol. The molecule has 0 saturated carbocycles. The molecule has 1 aromatic rings. The van der Waals surface area contributed by atoms with E-state index in [1.54, 1.807) is 0 Å². The summed E-state index contributed by atoms with van der Waals surface area (Å²) < 4.78 is 13.5. The van der Waals surface area contributed by atoms with Gasteiger partial charge in [-0.3, -0.25) is 9.59 Å². The van der Waals surface area contributed by atoms with Crippen molar-refractivity contribution in [2.45, 2.75) is 18.9 Å². The zero-order valence-corrected chi connectivity index (χ0v) is 12.2. The maximum Gasteiger partial charge on any atom is 0.254 e. The van der Waals surface area contributed by atoms with Gasteiger partial charge >= 0.3 is 0 Å². The quantitative estimate of drug-likeness (QED) is 0.876. The number of rotatable bonds is 4. The number of carbonyl (C=O) groups excluding carboxylic acids is 2. The summed E-state index contributed by atoms with van der Waals surface area (Å²) in [6, 6.07) is 3.78. The fourth-order valence-electron chi connectivity index (χ4n) is 2.45. The average Bonchev–Trinajstić information content (AvgIpc) is 2.47. The molecule has 21 heavy (non-hydrogen) atoms. The Labute approximate surface area is 127 Å². The molecule has 2 rings (SSSR count). The van der Waals surface area contributed by atoms with Crippen molar-refractivity contribution in [3.8, 4) is 0 Å². The highest BCUT2D eigenvalue weighted by Gasteiger charge is 2.27. The lowest BCUT2D eigenvalue weighted by Crippen LogP contribution is -2.49. The molecule has 114 valence electrons. The molecule has 5 nitrogen and oxygen atoms in total. The standard InChI is InChI=1S/C14H17ClFN3O2/c15-11-2-1-9(7-12(11)16)14(21)19(8-13(17)20)10-3-5-18-6-4-10/h1-2,7,10,18H,3-6,8H2,(H2,17,20). The maximum atomic E-state index is 13.5. The van der Waals surface area contributed by atoms with Gasteiger partial charge in [-0.25, -0.2) is 4.39 Å². The van der Waals surface area contributed by atoms with E-state index < -0.39 is 17.6 Å². The molecular weight excluding hydrogens is 297 g/mol. The van der Waals surface area contributed by atoms with Crippen LogP contribution in [0.1, 0.15) is 23.2 Å². The molecule has 0 bridgehead atoms. The first-order chi connectivity index (χ1) is 9.99. The molecule has 0 spiro atoms. The second-order valence-electron chi connectivity index (χ2n) is 5.01. The van der Waals surface area contributed by atoms with Gasteiger partial charge < -0.3 is 16.0 Å². The SMILES string of the molecule is NC(=O)CN(C(=O)c1ccc(Cl)c(F)c1)C1CCNCC1. The number of piperidine rings is 1. The van der Waals surface area contributed by atoms with Crippen LogP contribution in [0, 0.1) is 5.82 Å². The van der Waals surface area contributed by atoms with E-state index in [9.17, 15) is 14.0 Å². The van der Waals surface area contributed by atoms with Crippen molar-refractivity contribution in [2.75, 3.05) is 19.6 Å². The molecule has 0 radical (unpaired) electrons. The van der Waals surface area contributed by atoms with Crippen molar-refractivity contribution in [3.63, 3.8) is 0 Å². The minimum atomic E-state index is -0.660. The van der Waals surface area contributed by atoms with E-state index in [1.165, 1.54) is 17.0 Å². The van der Waals surface area contributed by atoms with Crippen LogP contribution in [0.4, 0.5) is 4.39 Å². The third-order valence-corrected chi connectivity index (χ3v) is 3.81. The number of nitrogens with zero attached hydrogens (tertiary/aromatic N) is 1. The van der Waals surface area contributed by atoms with Crippen molar-refractivity contribution < 1.29 is 14.0 Å². The van der Waals surface area contributed by atoms with Crippen molar-refractivity contribution >= 4 is 23.4 Å². The van der Waals surface area contributed by atoms with Crippen LogP contribution in [0.5, 0.6) is 0 Å². The topological polar surface area (TPSA) is 75.4 Å². The molecule has 0 aliphatic carbocycles. The highest BCUT2D eigenvalue weighted by Crippen LogP contribution is 2.19. The molecule has 1 heterocycles. The second-order valence-corrected chi connectivity index (χ2v) is 5.42. The Morgan fingerprint density at radius 2 is 2.05 bits per heavy atom. The predicted octanol–water partition coefficient (Wildman–Crippen LogP) is 1.16. The average molecular weight is 314 g/mol. The van der Waals surface area contributed by atoms with Gasteiger partial charge in [-0.05, 0) is 44.1 Å². The Morgan fingerprint density at radius 1 is 1.38 bits per heavy atom. The fraction of sp³-hybridized carbons (Fsp3) is 0.429. The van der Waals surface area contributed by atoms with Gasteiger partial charge in [0.15, 0.2) is 0 Å². The van der Waals surface area contributed by atoms with Crippen molar-refractivity contribution in [3.05, 3.63) is 34.6 Å². The number of primary amides is 1. The summed E-state index contributed by atoms with van der Waals surface area (Å²) in [7, 11) is 0. The van der Waals surface area contributed by atoms with E-state index in [4.69, 9.17) is 17.3 Å². The number of benzene rings is 1. The highest BCUT2D eigenvalue weighted by atomic mass is 35.5. The van der Waals surface area contributed by atoms with E-state index >= 15 is 0 Å². The van der Waals surface area contributed by atoms with Gasteiger partial charge in [-0.1, -0.05) is 11.6 Å². The Balaban J connectivity index is 2.23. The lowest BCUT2D eigenvalue weighted by atomic mass is 10.0. The Hall–Kier alpha value is -1.66. The minimum absolute atomic E-state index is 0.0464. The van der Waals surface area contributed by atoms with Crippen molar-refractivity contribution in [2.24, 2.45) is 5.73 Å². The fourth-order valence-corrected chi connectivity index (χ4v) is 2.57. The number of carbonyl (C=O) groups is 2. The number of nitrogens with two attached hydrogens (primary N) is 1.